The molecule has 0 radical (unpaired) electrons. The second-order valence-electron chi connectivity index (χ2n) is 5.63. The molecule has 27 heavy (non-hydrogen) atoms. The largest absolute Gasteiger partial charge is 0.290 e. The maximum Gasteiger partial charge on any atom is 0.290 e. The van der Waals surface area contributed by atoms with Gasteiger partial charge in [0, 0.05) is 5.69 Å². The first-order valence-electron chi connectivity index (χ1n) is 7.73. The number of thioether (sulfide) groups is 2. The van der Waals surface area contributed by atoms with Gasteiger partial charge < -0.3 is 0 Å². The van der Waals surface area contributed by atoms with Gasteiger partial charge in [0.25, 0.3) is 11.1 Å². The van der Waals surface area contributed by atoms with Gasteiger partial charge in [-0.15, -0.1) is 0 Å². The Hall–Kier alpha value is -1.93. The molecule has 2 heterocycles. The van der Waals surface area contributed by atoms with Crippen molar-refractivity contribution in [3.63, 3.8) is 0 Å². The van der Waals surface area contributed by atoms with E-state index < -0.39 is 0 Å². The number of imidazole rings is 1. The Balaban J connectivity index is 1.76. The first kappa shape index (κ1) is 18.4. The fourth-order valence-corrected chi connectivity index (χ4v) is 4.30. The predicted molar refractivity (Wildman–Crippen MR) is 112 cm³/mol. The van der Waals surface area contributed by atoms with Crippen LogP contribution in [0.25, 0.3) is 22.8 Å². The minimum atomic E-state index is -0.370. The van der Waals surface area contributed by atoms with Gasteiger partial charge in [-0.1, -0.05) is 47.1 Å². The molecular weight excluding hydrogens is 425 g/mol. The molecule has 1 saturated heterocycles. The van der Waals surface area contributed by atoms with Gasteiger partial charge in [0.15, 0.2) is 5.16 Å². The number of amides is 2. The van der Waals surface area contributed by atoms with E-state index in [9.17, 15) is 9.59 Å². The van der Waals surface area contributed by atoms with Gasteiger partial charge in [-0.3, -0.25) is 19.5 Å². The molecule has 1 aliphatic heterocycles. The molecule has 0 aliphatic carbocycles. The van der Waals surface area contributed by atoms with Crippen molar-refractivity contribution in [3.8, 4) is 5.69 Å². The summed E-state index contributed by atoms with van der Waals surface area (Å²) in [6.45, 7) is 0. The number of hydrogen-bond acceptors (Lipinski definition) is 5. The van der Waals surface area contributed by atoms with Crippen LogP contribution >= 0.6 is 46.7 Å². The normalized spacial score (nSPS) is 15.7. The van der Waals surface area contributed by atoms with Crippen molar-refractivity contribution >= 4 is 75.0 Å². The third-order valence-electron chi connectivity index (χ3n) is 3.94. The lowest BCUT2D eigenvalue weighted by Crippen LogP contribution is -2.17. The molecule has 0 atom stereocenters. The fraction of sp³-hybridized carbons (Fsp3) is 0.0556. The SMILES string of the molecule is CSc1nc2cc(Cl)c(Cl)cc2n1-c1ccc(C=C2SC(=O)NC2=O)cc1. The summed E-state index contributed by atoms with van der Waals surface area (Å²) in [5.41, 5.74) is 3.35. The average molecular weight is 436 g/mol. The van der Waals surface area contributed by atoms with Crippen LogP contribution in [-0.4, -0.2) is 27.0 Å². The lowest BCUT2D eigenvalue weighted by molar-refractivity contribution is -0.115. The van der Waals surface area contributed by atoms with Crippen LogP contribution < -0.4 is 5.32 Å². The molecule has 1 aromatic heterocycles. The Bertz CT molecular complexity index is 1120. The molecule has 1 N–H and O–H groups in total. The van der Waals surface area contributed by atoms with Crippen molar-refractivity contribution in [3.05, 3.63) is 56.9 Å². The van der Waals surface area contributed by atoms with Gasteiger partial charge in [0.2, 0.25) is 0 Å². The Morgan fingerprint density at radius 3 is 2.48 bits per heavy atom. The van der Waals surface area contributed by atoms with Crippen LogP contribution in [0.2, 0.25) is 10.0 Å². The van der Waals surface area contributed by atoms with Crippen LogP contribution in [0, 0.1) is 0 Å². The summed E-state index contributed by atoms with van der Waals surface area (Å²) in [6, 6.07) is 11.2. The molecule has 0 bridgehead atoms. The maximum absolute atomic E-state index is 11.7. The number of imide groups is 1. The van der Waals surface area contributed by atoms with E-state index in [0.29, 0.717) is 15.0 Å². The van der Waals surface area contributed by atoms with E-state index in [4.69, 9.17) is 23.2 Å². The Morgan fingerprint density at radius 2 is 1.85 bits per heavy atom. The Kier molecular flexibility index (Phi) is 4.94. The zero-order chi connectivity index (χ0) is 19.1. The summed E-state index contributed by atoms with van der Waals surface area (Å²) < 4.78 is 2.00. The number of benzene rings is 2. The average Bonchev–Trinajstić information content (AvgIpc) is 3.15. The molecule has 2 amide bonds. The molecule has 1 fully saturated rings. The van der Waals surface area contributed by atoms with Gasteiger partial charge in [-0.05, 0) is 53.9 Å². The van der Waals surface area contributed by atoms with Crippen molar-refractivity contribution in [2.24, 2.45) is 0 Å². The first-order chi connectivity index (χ1) is 13.0. The van der Waals surface area contributed by atoms with E-state index >= 15 is 0 Å². The predicted octanol–water partition coefficient (Wildman–Crippen LogP) is 5.38. The van der Waals surface area contributed by atoms with Crippen LogP contribution in [0.15, 0.2) is 46.5 Å². The summed E-state index contributed by atoms with van der Waals surface area (Å²) in [5.74, 6) is -0.370. The van der Waals surface area contributed by atoms with Gasteiger partial charge in [0.05, 0.1) is 26.0 Å². The zero-order valence-corrected chi connectivity index (χ0v) is 17.0. The number of nitrogens with zero attached hydrogens (tertiary/aromatic N) is 2. The molecule has 4 rings (SSSR count). The fourth-order valence-electron chi connectivity index (χ4n) is 2.73. The monoisotopic (exact) mass is 435 g/mol. The summed E-state index contributed by atoms with van der Waals surface area (Å²) in [4.78, 5) is 27.9. The van der Waals surface area contributed by atoms with Crippen LogP contribution in [0.3, 0.4) is 0 Å². The Labute approximate surface area is 173 Å². The third-order valence-corrected chi connectivity index (χ3v) is 6.11. The highest BCUT2D eigenvalue weighted by atomic mass is 35.5. The first-order valence-corrected chi connectivity index (χ1v) is 10.5. The highest BCUT2D eigenvalue weighted by Gasteiger charge is 2.24. The molecule has 0 saturated carbocycles. The van der Waals surface area contributed by atoms with Gasteiger partial charge in [-0.25, -0.2) is 4.98 Å². The summed E-state index contributed by atoms with van der Waals surface area (Å²) >= 11 is 14.7. The molecule has 2 aromatic carbocycles. The van der Waals surface area contributed by atoms with Crippen LogP contribution in [-0.2, 0) is 4.79 Å². The molecular formula is C18H11Cl2N3O2S2. The Morgan fingerprint density at radius 1 is 1.15 bits per heavy atom. The molecule has 1 aliphatic rings. The minimum absolute atomic E-state index is 0.354. The summed E-state index contributed by atoms with van der Waals surface area (Å²) in [6.07, 6.45) is 3.64. The number of fused-ring (bicyclic) bond motifs is 1. The van der Waals surface area contributed by atoms with Crippen LogP contribution in [0.1, 0.15) is 5.56 Å². The van der Waals surface area contributed by atoms with Gasteiger partial charge in [0.1, 0.15) is 0 Å². The van der Waals surface area contributed by atoms with Crippen LogP contribution in [0.4, 0.5) is 4.79 Å². The number of carbonyl (C=O) groups excluding carboxylic acids is 2. The number of rotatable bonds is 3. The summed E-state index contributed by atoms with van der Waals surface area (Å²) in [7, 11) is 0. The number of nitrogens with one attached hydrogen (secondary N) is 1. The highest BCUT2D eigenvalue weighted by Crippen LogP contribution is 2.33. The molecule has 136 valence electrons. The van der Waals surface area contributed by atoms with E-state index in [1.807, 2.05) is 35.1 Å². The summed E-state index contributed by atoms with van der Waals surface area (Å²) in [5, 5.41) is 3.63. The molecule has 0 unspecified atom stereocenters. The van der Waals surface area contributed by atoms with Crippen molar-refractivity contribution in [1.82, 2.24) is 14.9 Å². The standard InChI is InChI=1S/C18H11Cl2N3O2S2/c1-26-17-21-13-7-11(19)12(20)8-14(13)23(17)10-4-2-9(3-5-10)6-15-16(24)22-18(25)27-15/h2-8H,1H3,(H,22,24,25). The quantitative estimate of drug-likeness (QED) is 0.441. The number of halogens is 2. The van der Waals surface area contributed by atoms with E-state index in [0.717, 1.165) is 39.2 Å². The lowest BCUT2D eigenvalue weighted by atomic mass is 10.2. The minimum Gasteiger partial charge on any atom is -0.287 e. The maximum atomic E-state index is 11.7. The van der Waals surface area contributed by atoms with Crippen molar-refractivity contribution in [2.45, 2.75) is 5.16 Å². The second kappa shape index (κ2) is 7.24. The van der Waals surface area contributed by atoms with Crippen LogP contribution in [0.5, 0.6) is 0 Å². The van der Waals surface area contributed by atoms with Crippen molar-refractivity contribution in [1.29, 1.82) is 0 Å². The second-order valence-corrected chi connectivity index (χ2v) is 8.24. The van der Waals surface area contributed by atoms with E-state index in [-0.39, 0.29) is 11.1 Å². The number of hydrogen-bond donors (Lipinski definition) is 1. The smallest absolute Gasteiger partial charge is 0.287 e. The molecule has 9 heteroatoms. The van der Waals surface area contributed by atoms with Crippen molar-refractivity contribution in [2.75, 3.05) is 6.26 Å². The number of carbonyl (C=O) groups is 2. The highest BCUT2D eigenvalue weighted by molar-refractivity contribution is 8.18. The van der Waals surface area contributed by atoms with E-state index in [1.165, 1.54) is 11.8 Å². The van der Waals surface area contributed by atoms with E-state index in [1.54, 1.807) is 18.2 Å². The van der Waals surface area contributed by atoms with Gasteiger partial charge >= 0.3 is 0 Å². The van der Waals surface area contributed by atoms with Gasteiger partial charge in [-0.2, -0.15) is 0 Å². The van der Waals surface area contributed by atoms with E-state index in [2.05, 4.69) is 10.3 Å². The molecule has 3 aromatic rings. The van der Waals surface area contributed by atoms with Crippen molar-refractivity contribution < 1.29 is 9.59 Å². The number of aromatic nitrogens is 2. The zero-order valence-electron chi connectivity index (χ0n) is 13.8. The molecule has 0 spiro atoms. The topological polar surface area (TPSA) is 64.0 Å². The lowest BCUT2D eigenvalue weighted by Gasteiger charge is -2.08. The molecule has 5 nitrogen and oxygen atoms in total. The third kappa shape index (κ3) is 3.48.